The van der Waals surface area contributed by atoms with Gasteiger partial charge in [-0.15, -0.1) is 0 Å². The number of aromatic nitrogens is 1. The highest BCUT2D eigenvalue weighted by molar-refractivity contribution is 5.79. The highest BCUT2D eigenvalue weighted by atomic mass is 16.4. The molecule has 0 radical (unpaired) electrons. The Morgan fingerprint density at radius 2 is 2.35 bits per heavy atom. The van der Waals surface area contributed by atoms with Gasteiger partial charge in [-0.25, -0.2) is 0 Å². The van der Waals surface area contributed by atoms with Gasteiger partial charge in [0.1, 0.15) is 5.84 Å². The second kappa shape index (κ2) is 7.62. The van der Waals surface area contributed by atoms with Crippen molar-refractivity contribution in [1.29, 1.82) is 0 Å². The lowest BCUT2D eigenvalue weighted by Crippen LogP contribution is -2.17. The summed E-state index contributed by atoms with van der Waals surface area (Å²) in [6.07, 6.45) is 6.27. The molecule has 0 bridgehead atoms. The number of nitrogens with one attached hydrogen (secondary N) is 1. The van der Waals surface area contributed by atoms with E-state index in [1.165, 1.54) is 11.1 Å². The second-order valence-corrected chi connectivity index (χ2v) is 4.03. The first-order valence-electron chi connectivity index (χ1n) is 5.80. The van der Waals surface area contributed by atoms with Crippen LogP contribution in [-0.2, 0) is 6.54 Å². The van der Waals surface area contributed by atoms with Crippen molar-refractivity contribution in [2.45, 2.75) is 32.7 Å². The van der Waals surface area contributed by atoms with Crippen LogP contribution in [0.4, 0.5) is 0 Å². The zero-order valence-corrected chi connectivity index (χ0v) is 10.2. The predicted octanol–water partition coefficient (Wildman–Crippen LogP) is 1.40. The number of nitrogens with zero attached hydrogens (tertiary/aromatic N) is 2. The van der Waals surface area contributed by atoms with Gasteiger partial charge in [0, 0.05) is 25.4 Å². The summed E-state index contributed by atoms with van der Waals surface area (Å²) in [7, 11) is 0. The van der Waals surface area contributed by atoms with Crippen LogP contribution in [0.2, 0.25) is 0 Å². The Hall–Kier alpha value is -1.62. The van der Waals surface area contributed by atoms with Gasteiger partial charge >= 0.3 is 0 Å². The normalized spacial score (nSPS) is 11.7. The van der Waals surface area contributed by atoms with Crippen LogP contribution in [-0.4, -0.2) is 22.6 Å². The van der Waals surface area contributed by atoms with Gasteiger partial charge in [0.25, 0.3) is 0 Å². The first-order valence-corrected chi connectivity index (χ1v) is 5.80. The van der Waals surface area contributed by atoms with E-state index in [1.807, 2.05) is 12.3 Å². The maximum absolute atomic E-state index is 8.36. The number of unbranched alkanes of at least 4 members (excludes halogenated alkanes) is 1. The molecule has 17 heavy (non-hydrogen) atoms. The fourth-order valence-electron chi connectivity index (χ4n) is 1.51. The van der Waals surface area contributed by atoms with Crippen molar-refractivity contribution in [3.63, 3.8) is 0 Å². The van der Waals surface area contributed by atoms with Crippen LogP contribution in [0.5, 0.6) is 0 Å². The molecular formula is C12H20N4O. The number of aryl methyl sites for hydroxylation is 1. The van der Waals surface area contributed by atoms with Crippen LogP contribution in [0.1, 0.15) is 30.4 Å². The van der Waals surface area contributed by atoms with E-state index < -0.39 is 0 Å². The molecule has 1 rings (SSSR count). The Kier molecular flexibility index (Phi) is 6.03. The molecular weight excluding hydrogens is 216 g/mol. The van der Waals surface area contributed by atoms with Gasteiger partial charge in [0.15, 0.2) is 0 Å². The van der Waals surface area contributed by atoms with Gasteiger partial charge < -0.3 is 16.3 Å². The number of oxime groups is 1. The maximum atomic E-state index is 8.36. The number of hydrogen-bond donors (Lipinski definition) is 3. The Morgan fingerprint density at radius 1 is 1.53 bits per heavy atom. The van der Waals surface area contributed by atoms with Gasteiger partial charge in [-0.1, -0.05) is 5.16 Å². The summed E-state index contributed by atoms with van der Waals surface area (Å²) < 4.78 is 0. The monoisotopic (exact) mass is 236 g/mol. The molecule has 5 nitrogen and oxygen atoms in total. The molecule has 1 aromatic heterocycles. The summed E-state index contributed by atoms with van der Waals surface area (Å²) in [6.45, 7) is 3.84. The first kappa shape index (κ1) is 13.4. The van der Waals surface area contributed by atoms with Crippen LogP contribution in [0.25, 0.3) is 0 Å². The SMILES string of the molecule is Cc1ccncc1CNCCCC/C(N)=N/O. The van der Waals surface area contributed by atoms with E-state index in [0.717, 1.165) is 25.9 Å². The lowest BCUT2D eigenvalue weighted by molar-refractivity contribution is 0.316. The predicted molar refractivity (Wildman–Crippen MR) is 67.9 cm³/mol. The average Bonchev–Trinajstić information content (AvgIpc) is 2.35. The third-order valence-electron chi connectivity index (χ3n) is 2.63. The van der Waals surface area contributed by atoms with Crippen molar-refractivity contribution in [1.82, 2.24) is 10.3 Å². The molecule has 0 fully saturated rings. The van der Waals surface area contributed by atoms with E-state index in [-0.39, 0.29) is 0 Å². The molecule has 0 saturated carbocycles. The standard InChI is InChI=1S/C12H20N4O/c1-10-5-7-15-9-11(10)8-14-6-3-2-4-12(13)16-17/h5,7,9,14,17H,2-4,6,8H2,1H3,(H2,13,16). The minimum atomic E-state index is 0.299. The molecule has 0 saturated heterocycles. The molecule has 0 aliphatic carbocycles. The van der Waals surface area contributed by atoms with Gasteiger partial charge in [-0.2, -0.15) is 0 Å². The molecule has 4 N–H and O–H groups in total. The lowest BCUT2D eigenvalue weighted by atomic mass is 10.1. The van der Waals surface area contributed by atoms with Gasteiger partial charge in [-0.3, -0.25) is 4.98 Å². The van der Waals surface area contributed by atoms with E-state index in [4.69, 9.17) is 10.9 Å². The summed E-state index contributed by atoms with van der Waals surface area (Å²) in [5, 5.41) is 14.6. The number of amidine groups is 1. The second-order valence-electron chi connectivity index (χ2n) is 4.03. The molecule has 0 aliphatic rings. The number of nitrogens with two attached hydrogens (primary N) is 1. The number of hydrogen-bond acceptors (Lipinski definition) is 4. The molecule has 5 heteroatoms. The summed E-state index contributed by atoms with van der Waals surface area (Å²) in [5.41, 5.74) is 7.85. The van der Waals surface area contributed by atoms with Crippen molar-refractivity contribution >= 4 is 5.84 Å². The highest BCUT2D eigenvalue weighted by Gasteiger charge is 1.97. The average molecular weight is 236 g/mol. The molecule has 94 valence electrons. The topological polar surface area (TPSA) is 83.5 Å². The quantitative estimate of drug-likeness (QED) is 0.220. The maximum Gasteiger partial charge on any atom is 0.139 e. The lowest BCUT2D eigenvalue weighted by Gasteiger charge is -2.06. The van der Waals surface area contributed by atoms with Crippen molar-refractivity contribution in [2.75, 3.05) is 6.54 Å². The van der Waals surface area contributed by atoms with E-state index in [2.05, 4.69) is 22.4 Å². The Balaban J connectivity index is 2.11. The zero-order chi connectivity index (χ0) is 12.5. The van der Waals surface area contributed by atoms with Crippen LogP contribution in [0.3, 0.4) is 0 Å². The Morgan fingerprint density at radius 3 is 3.06 bits per heavy atom. The molecule has 0 amide bonds. The smallest absolute Gasteiger partial charge is 0.139 e. The van der Waals surface area contributed by atoms with E-state index in [1.54, 1.807) is 6.20 Å². The van der Waals surface area contributed by atoms with E-state index in [0.29, 0.717) is 12.3 Å². The zero-order valence-electron chi connectivity index (χ0n) is 10.2. The first-order chi connectivity index (χ1) is 8.24. The van der Waals surface area contributed by atoms with E-state index >= 15 is 0 Å². The highest BCUT2D eigenvalue weighted by Crippen LogP contribution is 2.04. The van der Waals surface area contributed by atoms with E-state index in [9.17, 15) is 0 Å². The third kappa shape index (κ3) is 5.31. The number of rotatable bonds is 7. The Labute approximate surface area is 102 Å². The van der Waals surface area contributed by atoms with Crippen molar-refractivity contribution in [3.8, 4) is 0 Å². The summed E-state index contributed by atoms with van der Waals surface area (Å²) in [4.78, 5) is 4.09. The van der Waals surface area contributed by atoms with Gasteiger partial charge in [0.05, 0.1) is 0 Å². The minimum absolute atomic E-state index is 0.299. The molecule has 0 aliphatic heterocycles. The largest absolute Gasteiger partial charge is 0.409 e. The molecule has 0 spiro atoms. The van der Waals surface area contributed by atoms with Gasteiger partial charge in [-0.05, 0) is 43.5 Å². The fourth-order valence-corrected chi connectivity index (χ4v) is 1.51. The van der Waals surface area contributed by atoms with Gasteiger partial charge in [0.2, 0.25) is 0 Å². The van der Waals surface area contributed by atoms with Crippen LogP contribution < -0.4 is 11.1 Å². The molecule has 0 atom stereocenters. The van der Waals surface area contributed by atoms with Crippen molar-refractivity contribution in [3.05, 3.63) is 29.6 Å². The summed E-state index contributed by atoms with van der Waals surface area (Å²) in [6, 6.07) is 2.01. The van der Waals surface area contributed by atoms with Crippen LogP contribution >= 0.6 is 0 Å². The van der Waals surface area contributed by atoms with Crippen LogP contribution in [0, 0.1) is 6.92 Å². The minimum Gasteiger partial charge on any atom is -0.409 e. The molecule has 1 heterocycles. The fraction of sp³-hybridized carbons (Fsp3) is 0.500. The van der Waals surface area contributed by atoms with Crippen molar-refractivity contribution < 1.29 is 5.21 Å². The number of pyridine rings is 1. The van der Waals surface area contributed by atoms with Crippen molar-refractivity contribution in [2.24, 2.45) is 10.9 Å². The molecule has 0 aromatic carbocycles. The Bertz CT molecular complexity index is 365. The van der Waals surface area contributed by atoms with Crippen LogP contribution in [0.15, 0.2) is 23.6 Å². The molecule has 0 unspecified atom stereocenters. The molecule has 1 aromatic rings. The summed E-state index contributed by atoms with van der Waals surface area (Å²) in [5.74, 6) is 0.299. The summed E-state index contributed by atoms with van der Waals surface area (Å²) >= 11 is 0. The third-order valence-corrected chi connectivity index (χ3v) is 2.63.